The number of nitrogens with zero attached hydrogens (tertiary/aromatic N) is 1. The maximum Gasteiger partial charge on any atom is 0.339 e. The number of aryl methyl sites for hydroxylation is 1. The van der Waals surface area contributed by atoms with Crippen LogP contribution in [0.4, 0.5) is 0 Å². The van der Waals surface area contributed by atoms with Crippen LogP contribution in [-0.2, 0) is 11.3 Å². The average molecular weight is 437 g/mol. The predicted octanol–water partition coefficient (Wildman–Crippen LogP) is 5.26. The Hall–Kier alpha value is -3.32. The molecule has 0 bridgehead atoms. The molecule has 1 aromatic heterocycles. The van der Waals surface area contributed by atoms with E-state index in [1.54, 1.807) is 32.4 Å². The number of hydrogen-bond donors (Lipinski definition) is 1. The van der Waals surface area contributed by atoms with E-state index in [9.17, 15) is 9.90 Å². The van der Waals surface area contributed by atoms with Crippen LogP contribution in [0.15, 0.2) is 53.1 Å². The molecule has 1 N–H and O–H groups in total. The lowest BCUT2D eigenvalue weighted by Gasteiger charge is -2.30. The van der Waals surface area contributed by atoms with Crippen LogP contribution in [0.3, 0.4) is 0 Å². The van der Waals surface area contributed by atoms with Crippen molar-refractivity contribution in [3.63, 3.8) is 0 Å². The van der Waals surface area contributed by atoms with Gasteiger partial charge in [-0.1, -0.05) is 12.1 Å². The van der Waals surface area contributed by atoms with Crippen molar-refractivity contribution in [2.75, 3.05) is 7.11 Å². The first kappa shape index (κ1) is 21.9. The fraction of sp³-hybridized carbons (Fsp3) is 0.360. The average Bonchev–Trinajstić information content (AvgIpc) is 3.27. The molecular formula is C25H27NO6. The van der Waals surface area contributed by atoms with Gasteiger partial charge in [0.2, 0.25) is 5.89 Å². The van der Waals surface area contributed by atoms with E-state index in [0.717, 1.165) is 36.3 Å². The van der Waals surface area contributed by atoms with Gasteiger partial charge in [-0.25, -0.2) is 9.78 Å². The largest absolute Gasteiger partial charge is 0.497 e. The number of ether oxygens (including phenoxy) is 3. The molecule has 0 amide bonds. The highest BCUT2D eigenvalue weighted by molar-refractivity contribution is 5.92. The van der Waals surface area contributed by atoms with E-state index in [0.29, 0.717) is 30.2 Å². The van der Waals surface area contributed by atoms with Gasteiger partial charge in [0.05, 0.1) is 19.8 Å². The van der Waals surface area contributed by atoms with Crippen molar-refractivity contribution >= 4 is 5.97 Å². The number of carboxylic acids is 1. The normalized spacial score (nSPS) is 18.3. The summed E-state index contributed by atoms with van der Waals surface area (Å²) >= 11 is 0. The molecule has 0 saturated heterocycles. The Labute approximate surface area is 186 Å². The highest BCUT2D eigenvalue weighted by Gasteiger charge is 2.26. The minimum absolute atomic E-state index is 0.0213. The third-order valence-electron chi connectivity index (χ3n) is 5.68. The summed E-state index contributed by atoms with van der Waals surface area (Å²) in [5.74, 6) is 0.764. The van der Waals surface area contributed by atoms with Gasteiger partial charge in [0.1, 0.15) is 35.1 Å². The van der Waals surface area contributed by atoms with Crippen LogP contribution in [0.2, 0.25) is 0 Å². The van der Waals surface area contributed by atoms with Gasteiger partial charge in [0, 0.05) is 12.0 Å². The van der Waals surface area contributed by atoms with Gasteiger partial charge < -0.3 is 23.7 Å². The Morgan fingerprint density at radius 3 is 2.69 bits per heavy atom. The zero-order valence-electron chi connectivity index (χ0n) is 18.2. The van der Waals surface area contributed by atoms with E-state index in [1.807, 2.05) is 30.3 Å². The summed E-state index contributed by atoms with van der Waals surface area (Å²) in [6, 6.07) is 12.8. The van der Waals surface area contributed by atoms with E-state index in [2.05, 4.69) is 4.98 Å². The molecular weight excluding hydrogens is 410 g/mol. The van der Waals surface area contributed by atoms with E-state index >= 15 is 0 Å². The minimum atomic E-state index is -0.972. The molecule has 1 fully saturated rings. The number of carboxylic acid groups (broad SMARTS) is 1. The second-order valence-electron chi connectivity index (χ2n) is 7.97. The summed E-state index contributed by atoms with van der Waals surface area (Å²) in [4.78, 5) is 16.1. The molecule has 0 spiro atoms. The number of carbonyl (C=O) groups is 1. The maximum absolute atomic E-state index is 11.6. The van der Waals surface area contributed by atoms with Gasteiger partial charge in [0.15, 0.2) is 0 Å². The summed E-state index contributed by atoms with van der Waals surface area (Å²) in [6.07, 6.45) is 5.02. The van der Waals surface area contributed by atoms with Crippen LogP contribution < -0.4 is 9.47 Å². The van der Waals surface area contributed by atoms with Crippen LogP contribution in [0.5, 0.6) is 11.5 Å². The van der Waals surface area contributed by atoms with Crippen LogP contribution in [0.1, 0.15) is 47.3 Å². The third kappa shape index (κ3) is 5.11. The quantitative estimate of drug-likeness (QED) is 0.514. The van der Waals surface area contributed by atoms with Gasteiger partial charge in [-0.05, 0) is 62.1 Å². The summed E-state index contributed by atoms with van der Waals surface area (Å²) < 4.78 is 22.9. The lowest BCUT2D eigenvalue weighted by molar-refractivity contribution is -0.0176. The first-order valence-electron chi connectivity index (χ1n) is 10.7. The van der Waals surface area contributed by atoms with Crippen molar-refractivity contribution in [2.45, 2.75) is 51.4 Å². The van der Waals surface area contributed by atoms with Gasteiger partial charge in [0.25, 0.3) is 0 Å². The van der Waals surface area contributed by atoms with E-state index in [-0.39, 0.29) is 17.8 Å². The molecule has 32 heavy (non-hydrogen) atoms. The van der Waals surface area contributed by atoms with Crippen LogP contribution >= 0.6 is 0 Å². The van der Waals surface area contributed by atoms with Crippen LogP contribution in [0, 0.1) is 6.92 Å². The highest BCUT2D eigenvalue weighted by atomic mass is 16.5. The molecule has 0 unspecified atom stereocenters. The van der Waals surface area contributed by atoms with Gasteiger partial charge in [-0.2, -0.15) is 0 Å². The molecule has 7 nitrogen and oxygen atoms in total. The number of oxazole rings is 1. The lowest BCUT2D eigenvalue weighted by atomic mass is 9.94. The number of benzene rings is 2. The molecule has 0 aliphatic heterocycles. The number of aromatic nitrogens is 1. The smallest absolute Gasteiger partial charge is 0.339 e. The third-order valence-corrected chi connectivity index (χ3v) is 5.68. The van der Waals surface area contributed by atoms with Crippen molar-refractivity contribution in [1.29, 1.82) is 0 Å². The van der Waals surface area contributed by atoms with Crippen molar-refractivity contribution < 1.29 is 28.5 Å². The van der Waals surface area contributed by atoms with Crippen molar-refractivity contribution in [3.8, 4) is 23.0 Å². The monoisotopic (exact) mass is 437 g/mol. The Morgan fingerprint density at radius 2 is 1.94 bits per heavy atom. The molecule has 2 atom stereocenters. The molecule has 7 heteroatoms. The number of hydrogen-bond acceptors (Lipinski definition) is 6. The number of aromatic carboxylic acids is 1. The fourth-order valence-electron chi connectivity index (χ4n) is 4.00. The SMILES string of the molecule is COc1ccc(-c2nc(CO[C@H]3CCC[C@@H](Oc4cccc(C)c4C(=O)O)C3)co2)cc1. The molecule has 3 aromatic rings. The first-order valence-corrected chi connectivity index (χ1v) is 10.7. The second-order valence-corrected chi connectivity index (χ2v) is 7.97. The molecule has 1 aliphatic carbocycles. The van der Waals surface area contributed by atoms with Crippen molar-refractivity contribution in [1.82, 2.24) is 4.98 Å². The molecule has 168 valence electrons. The van der Waals surface area contributed by atoms with Gasteiger partial charge in [-0.15, -0.1) is 0 Å². The second kappa shape index (κ2) is 9.87. The van der Waals surface area contributed by atoms with Gasteiger partial charge >= 0.3 is 5.97 Å². The summed E-state index contributed by atoms with van der Waals surface area (Å²) in [6.45, 7) is 2.13. The highest BCUT2D eigenvalue weighted by Crippen LogP contribution is 2.30. The topological polar surface area (TPSA) is 91.0 Å². The van der Waals surface area contributed by atoms with E-state index in [4.69, 9.17) is 18.6 Å². The number of rotatable bonds is 8. The lowest BCUT2D eigenvalue weighted by Crippen LogP contribution is -2.30. The van der Waals surface area contributed by atoms with Crippen LogP contribution in [0.25, 0.3) is 11.5 Å². The molecule has 1 heterocycles. The summed E-state index contributed by atoms with van der Waals surface area (Å²) in [5, 5.41) is 9.52. The van der Waals surface area contributed by atoms with E-state index in [1.165, 1.54) is 0 Å². The molecule has 0 radical (unpaired) electrons. The predicted molar refractivity (Wildman–Crippen MR) is 118 cm³/mol. The molecule has 4 rings (SSSR count). The Morgan fingerprint density at radius 1 is 1.16 bits per heavy atom. The summed E-state index contributed by atoms with van der Waals surface area (Å²) in [5.41, 5.74) is 2.52. The van der Waals surface area contributed by atoms with Gasteiger partial charge in [-0.3, -0.25) is 0 Å². The maximum atomic E-state index is 11.6. The molecule has 1 saturated carbocycles. The fourth-order valence-corrected chi connectivity index (χ4v) is 4.00. The number of methoxy groups -OCH3 is 1. The Kier molecular flexibility index (Phi) is 6.75. The van der Waals surface area contributed by atoms with E-state index < -0.39 is 5.97 Å². The standard InChI is InChI=1S/C25H27NO6/c1-16-5-3-8-22(23(16)25(27)28)32-21-7-4-6-20(13-21)30-14-18-15-31-24(26-18)17-9-11-19(29-2)12-10-17/h3,5,8-12,15,20-21H,4,6-7,13-14H2,1-2H3,(H,27,28)/t20-,21+/m0/s1. The Balaban J connectivity index is 1.34. The zero-order chi connectivity index (χ0) is 22.5. The van der Waals surface area contributed by atoms with Crippen molar-refractivity contribution in [2.24, 2.45) is 0 Å². The summed E-state index contributed by atoms with van der Waals surface area (Å²) in [7, 11) is 1.63. The molecule has 2 aromatic carbocycles. The van der Waals surface area contributed by atoms with Crippen molar-refractivity contribution in [3.05, 3.63) is 65.5 Å². The van der Waals surface area contributed by atoms with Crippen LogP contribution in [-0.4, -0.2) is 35.4 Å². The zero-order valence-corrected chi connectivity index (χ0v) is 18.2. The minimum Gasteiger partial charge on any atom is -0.497 e. The Bertz CT molecular complexity index is 1060. The first-order chi connectivity index (χ1) is 15.5. The molecule has 1 aliphatic rings.